The molecule has 114 valence electrons. The summed E-state index contributed by atoms with van der Waals surface area (Å²) in [5.74, 6) is 1.33. The molecule has 4 heteroatoms. The van der Waals surface area contributed by atoms with Gasteiger partial charge in [-0.2, -0.15) is 0 Å². The summed E-state index contributed by atoms with van der Waals surface area (Å²) in [5.41, 5.74) is 1.72. The number of fused-ring (bicyclic) bond motifs is 1. The summed E-state index contributed by atoms with van der Waals surface area (Å²) in [5, 5.41) is 0. The van der Waals surface area contributed by atoms with Crippen LogP contribution in [-0.4, -0.2) is 31.1 Å². The summed E-state index contributed by atoms with van der Waals surface area (Å²) >= 11 is 0. The van der Waals surface area contributed by atoms with E-state index in [1.54, 1.807) is 24.1 Å². The summed E-state index contributed by atoms with van der Waals surface area (Å²) in [7, 11) is 1.80. The standard InChI is InChI=1S/C18H19NO3/c1-19(13-14-6-3-2-4-7-14)18(20)15-8-9-16-17(12-15)22-11-5-10-21-16/h2-4,6-9,12H,5,10-11,13H2,1H3. The summed E-state index contributed by atoms with van der Waals surface area (Å²) in [6, 6.07) is 15.3. The van der Waals surface area contributed by atoms with E-state index in [0.29, 0.717) is 36.8 Å². The lowest BCUT2D eigenvalue weighted by molar-refractivity contribution is 0.0784. The molecule has 0 fully saturated rings. The Hall–Kier alpha value is -2.49. The molecule has 0 saturated heterocycles. The minimum Gasteiger partial charge on any atom is -0.490 e. The van der Waals surface area contributed by atoms with Crippen LogP contribution in [0.5, 0.6) is 11.5 Å². The Balaban J connectivity index is 1.75. The van der Waals surface area contributed by atoms with Crippen LogP contribution in [0.15, 0.2) is 48.5 Å². The fourth-order valence-corrected chi connectivity index (χ4v) is 2.45. The van der Waals surface area contributed by atoms with Crippen molar-refractivity contribution < 1.29 is 14.3 Å². The molecule has 0 aromatic heterocycles. The van der Waals surface area contributed by atoms with E-state index in [1.807, 2.05) is 36.4 Å². The van der Waals surface area contributed by atoms with E-state index in [0.717, 1.165) is 12.0 Å². The van der Waals surface area contributed by atoms with Crippen molar-refractivity contribution in [2.45, 2.75) is 13.0 Å². The van der Waals surface area contributed by atoms with Crippen molar-refractivity contribution in [2.24, 2.45) is 0 Å². The summed E-state index contributed by atoms with van der Waals surface area (Å²) in [6.45, 7) is 1.84. The van der Waals surface area contributed by atoms with Crippen molar-refractivity contribution in [2.75, 3.05) is 20.3 Å². The maximum absolute atomic E-state index is 12.6. The lowest BCUT2D eigenvalue weighted by atomic mass is 10.1. The van der Waals surface area contributed by atoms with Gasteiger partial charge in [-0.25, -0.2) is 0 Å². The highest BCUT2D eigenvalue weighted by Crippen LogP contribution is 2.30. The van der Waals surface area contributed by atoms with Gasteiger partial charge in [0.05, 0.1) is 13.2 Å². The van der Waals surface area contributed by atoms with Gasteiger partial charge in [0.1, 0.15) is 0 Å². The van der Waals surface area contributed by atoms with E-state index in [2.05, 4.69) is 0 Å². The molecule has 0 atom stereocenters. The zero-order valence-electron chi connectivity index (χ0n) is 12.6. The fraction of sp³-hybridized carbons (Fsp3) is 0.278. The minimum absolute atomic E-state index is 0.0282. The number of ether oxygens (including phenoxy) is 2. The van der Waals surface area contributed by atoms with Gasteiger partial charge in [0.15, 0.2) is 11.5 Å². The lowest BCUT2D eigenvalue weighted by Gasteiger charge is -2.18. The van der Waals surface area contributed by atoms with Gasteiger partial charge in [-0.1, -0.05) is 30.3 Å². The van der Waals surface area contributed by atoms with Crippen LogP contribution < -0.4 is 9.47 Å². The Kier molecular flexibility index (Phi) is 4.28. The van der Waals surface area contributed by atoms with E-state index in [-0.39, 0.29) is 5.91 Å². The maximum atomic E-state index is 12.6. The van der Waals surface area contributed by atoms with Crippen LogP contribution >= 0.6 is 0 Å². The zero-order valence-corrected chi connectivity index (χ0v) is 12.6. The molecule has 3 rings (SSSR count). The largest absolute Gasteiger partial charge is 0.490 e. The molecule has 1 aliphatic heterocycles. The molecule has 1 heterocycles. The SMILES string of the molecule is CN(Cc1ccccc1)C(=O)c1ccc2c(c1)OCCCO2. The van der Waals surface area contributed by atoms with Gasteiger partial charge in [0.2, 0.25) is 0 Å². The number of amides is 1. The molecule has 22 heavy (non-hydrogen) atoms. The number of rotatable bonds is 3. The highest BCUT2D eigenvalue weighted by atomic mass is 16.5. The van der Waals surface area contributed by atoms with Gasteiger partial charge < -0.3 is 14.4 Å². The van der Waals surface area contributed by atoms with Gasteiger partial charge in [-0.15, -0.1) is 0 Å². The van der Waals surface area contributed by atoms with Gasteiger partial charge in [0, 0.05) is 25.6 Å². The van der Waals surface area contributed by atoms with E-state index in [4.69, 9.17) is 9.47 Å². The van der Waals surface area contributed by atoms with Crippen LogP contribution in [0, 0.1) is 0 Å². The third kappa shape index (κ3) is 3.22. The molecular formula is C18H19NO3. The Labute approximate surface area is 130 Å². The first-order valence-corrected chi connectivity index (χ1v) is 7.43. The van der Waals surface area contributed by atoms with Gasteiger partial charge in [-0.05, 0) is 23.8 Å². The number of benzene rings is 2. The topological polar surface area (TPSA) is 38.8 Å². The van der Waals surface area contributed by atoms with Crippen LogP contribution in [0.25, 0.3) is 0 Å². The third-order valence-corrected chi connectivity index (χ3v) is 3.60. The number of hydrogen-bond acceptors (Lipinski definition) is 3. The van der Waals surface area contributed by atoms with Crippen molar-refractivity contribution in [3.05, 3.63) is 59.7 Å². The van der Waals surface area contributed by atoms with Crippen LogP contribution in [-0.2, 0) is 6.54 Å². The molecule has 4 nitrogen and oxygen atoms in total. The first-order valence-electron chi connectivity index (χ1n) is 7.43. The molecule has 1 amide bonds. The van der Waals surface area contributed by atoms with E-state index in [9.17, 15) is 4.79 Å². The summed E-state index contributed by atoms with van der Waals surface area (Å²) in [6.07, 6.45) is 0.853. The average Bonchev–Trinajstić information content (AvgIpc) is 2.79. The number of carbonyl (C=O) groups is 1. The number of hydrogen-bond donors (Lipinski definition) is 0. The first kappa shape index (κ1) is 14.4. The second-order valence-corrected chi connectivity index (χ2v) is 5.36. The van der Waals surface area contributed by atoms with Crippen LogP contribution in [0.4, 0.5) is 0 Å². The highest BCUT2D eigenvalue weighted by molar-refractivity contribution is 5.94. The predicted molar refractivity (Wildman–Crippen MR) is 84.3 cm³/mol. The van der Waals surface area contributed by atoms with Crippen molar-refractivity contribution in [3.63, 3.8) is 0 Å². The average molecular weight is 297 g/mol. The second kappa shape index (κ2) is 6.52. The van der Waals surface area contributed by atoms with Crippen LogP contribution in [0.2, 0.25) is 0 Å². The monoisotopic (exact) mass is 297 g/mol. The number of nitrogens with zero attached hydrogens (tertiary/aromatic N) is 1. The third-order valence-electron chi connectivity index (χ3n) is 3.60. The Morgan fingerprint density at radius 3 is 2.55 bits per heavy atom. The first-order chi connectivity index (χ1) is 10.7. The molecule has 0 spiro atoms. The zero-order chi connectivity index (χ0) is 15.4. The van der Waals surface area contributed by atoms with E-state index >= 15 is 0 Å². The normalized spacial score (nSPS) is 13.3. The smallest absolute Gasteiger partial charge is 0.254 e. The number of carbonyl (C=O) groups excluding carboxylic acids is 1. The molecule has 0 bridgehead atoms. The quantitative estimate of drug-likeness (QED) is 0.873. The molecule has 0 saturated carbocycles. The molecule has 0 aliphatic carbocycles. The second-order valence-electron chi connectivity index (χ2n) is 5.36. The summed E-state index contributed by atoms with van der Waals surface area (Å²) in [4.78, 5) is 14.3. The maximum Gasteiger partial charge on any atom is 0.254 e. The summed E-state index contributed by atoms with van der Waals surface area (Å²) < 4.78 is 11.2. The van der Waals surface area contributed by atoms with Crippen LogP contribution in [0.1, 0.15) is 22.3 Å². The molecule has 0 radical (unpaired) electrons. The fourth-order valence-electron chi connectivity index (χ4n) is 2.45. The molecule has 0 N–H and O–H groups in total. The van der Waals surface area contributed by atoms with E-state index in [1.165, 1.54) is 0 Å². The molecule has 0 unspecified atom stereocenters. The highest BCUT2D eigenvalue weighted by Gasteiger charge is 2.16. The van der Waals surface area contributed by atoms with Crippen molar-refractivity contribution in [1.29, 1.82) is 0 Å². The molecular weight excluding hydrogens is 278 g/mol. The molecule has 2 aromatic carbocycles. The lowest BCUT2D eigenvalue weighted by Crippen LogP contribution is -2.26. The van der Waals surface area contributed by atoms with Crippen LogP contribution in [0.3, 0.4) is 0 Å². The van der Waals surface area contributed by atoms with Crippen molar-refractivity contribution in [3.8, 4) is 11.5 Å². The molecule has 1 aliphatic rings. The minimum atomic E-state index is -0.0282. The van der Waals surface area contributed by atoms with Gasteiger partial charge >= 0.3 is 0 Å². The van der Waals surface area contributed by atoms with Gasteiger partial charge in [0.25, 0.3) is 5.91 Å². The Bertz CT molecular complexity index is 655. The molecule has 2 aromatic rings. The Morgan fingerprint density at radius 2 is 1.77 bits per heavy atom. The van der Waals surface area contributed by atoms with Crippen molar-refractivity contribution >= 4 is 5.91 Å². The van der Waals surface area contributed by atoms with Crippen molar-refractivity contribution in [1.82, 2.24) is 4.90 Å². The van der Waals surface area contributed by atoms with Gasteiger partial charge in [-0.3, -0.25) is 4.79 Å². The predicted octanol–water partition coefficient (Wildman–Crippen LogP) is 3.12. The van der Waals surface area contributed by atoms with E-state index < -0.39 is 0 Å². The Morgan fingerprint density at radius 1 is 1.05 bits per heavy atom.